The molecule has 4 heteroatoms. The summed E-state index contributed by atoms with van der Waals surface area (Å²) in [6.45, 7) is 4.77. The van der Waals surface area contributed by atoms with Crippen LogP contribution in [-0.2, 0) is 0 Å². The molecule has 0 N–H and O–H groups in total. The zero-order chi connectivity index (χ0) is 18.4. The minimum absolute atomic E-state index is 0.801. The summed E-state index contributed by atoms with van der Waals surface area (Å²) >= 11 is 0. The van der Waals surface area contributed by atoms with Crippen LogP contribution >= 0.6 is 0 Å². The Bertz CT molecular complexity index is 1140. The van der Waals surface area contributed by atoms with E-state index in [9.17, 15) is 0 Å². The fourth-order valence-corrected chi connectivity index (χ4v) is 6.89. The predicted octanol–water partition coefficient (Wildman–Crippen LogP) is 4.01. The highest BCUT2D eigenvalue weighted by Crippen LogP contribution is 2.35. The Labute approximate surface area is 159 Å². The molecule has 0 amide bonds. The minimum atomic E-state index is -1.88. The summed E-state index contributed by atoms with van der Waals surface area (Å²) < 4.78 is 0. The molecule has 1 aliphatic rings. The van der Waals surface area contributed by atoms with E-state index in [-0.39, 0.29) is 0 Å². The third-order valence-corrected chi connectivity index (χ3v) is 8.69. The lowest BCUT2D eigenvalue weighted by molar-refractivity contribution is 1.20. The smallest absolute Gasteiger partial charge is 0.159 e. The predicted molar refractivity (Wildman–Crippen MR) is 113 cm³/mol. The third kappa shape index (κ3) is 2.45. The van der Waals surface area contributed by atoms with Crippen molar-refractivity contribution in [2.24, 2.45) is 0 Å². The van der Waals surface area contributed by atoms with Crippen LogP contribution in [0.3, 0.4) is 0 Å². The van der Waals surface area contributed by atoms with Gasteiger partial charge in [-0.3, -0.25) is 4.98 Å². The molecule has 0 bridgehead atoms. The second kappa shape index (κ2) is 5.96. The van der Waals surface area contributed by atoms with Gasteiger partial charge in [0.25, 0.3) is 0 Å². The van der Waals surface area contributed by atoms with Gasteiger partial charge >= 0.3 is 0 Å². The van der Waals surface area contributed by atoms with E-state index in [0.717, 1.165) is 22.6 Å². The molecule has 5 rings (SSSR count). The Balaban J connectivity index is 1.87. The van der Waals surface area contributed by atoms with Gasteiger partial charge in [0.2, 0.25) is 0 Å². The summed E-state index contributed by atoms with van der Waals surface area (Å²) in [6.07, 6.45) is 3.66. The molecule has 3 heterocycles. The molecule has 4 aromatic rings. The Hall–Kier alpha value is -3.11. The van der Waals surface area contributed by atoms with Crippen molar-refractivity contribution in [3.05, 3.63) is 79.1 Å². The number of benzene rings is 2. The molecule has 1 aliphatic heterocycles. The summed E-state index contributed by atoms with van der Waals surface area (Å²) in [4.78, 5) is 14.3. The number of rotatable bonds is 2. The van der Waals surface area contributed by atoms with E-state index >= 15 is 0 Å². The van der Waals surface area contributed by atoms with Crippen LogP contribution in [0.4, 0.5) is 0 Å². The summed E-state index contributed by atoms with van der Waals surface area (Å²) in [5.41, 5.74) is 5.63. The standard InChI is InChI=1S/C23H19N3Si/c1-27(2)19-11-7-6-10-18(19)20-21(16-12-14-24-15-13-16)25-22(26-23(20)27)17-8-4-3-5-9-17/h3-15H,1-2H3. The van der Waals surface area contributed by atoms with E-state index in [2.05, 4.69) is 54.5 Å². The molecular formula is C23H19N3Si. The van der Waals surface area contributed by atoms with Gasteiger partial charge in [0.1, 0.15) is 8.07 Å². The van der Waals surface area contributed by atoms with Gasteiger partial charge < -0.3 is 0 Å². The van der Waals surface area contributed by atoms with Crippen LogP contribution in [-0.4, -0.2) is 23.0 Å². The van der Waals surface area contributed by atoms with E-state index in [1.165, 1.54) is 21.6 Å². The Morgan fingerprint density at radius 1 is 0.704 bits per heavy atom. The van der Waals surface area contributed by atoms with Crippen molar-refractivity contribution in [1.82, 2.24) is 15.0 Å². The van der Waals surface area contributed by atoms with Gasteiger partial charge in [0, 0.05) is 34.4 Å². The van der Waals surface area contributed by atoms with Gasteiger partial charge in [-0.1, -0.05) is 67.7 Å². The number of hydrogen-bond acceptors (Lipinski definition) is 3. The van der Waals surface area contributed by atoms with E-state index in [1.54, 1.807) is 0 Å². The maximum atomic E-state index is 5.11. The molecule has 2 aromatic carbocycles. The van der Waals surface area contributed by atoms with Crippen molar-refractivity contribution in [3.8, 4) is 33.8 Å². The molecule has 0 radical (unpaired) electrons. The summed E-state index contributed by atoms with van der Waals surface area (Å²) in [7, 11) is -1.88. The Morgan fingerprint density at radius 3 is 2.19 bits per heavy atom. The lowest BCUT2D eigenvalue weighted by Crippen LogP contribution is -2.50. The fourth-order valence-electron chi connectivity index (χ4n) is 3.98. The first-order valence-corrected chi connectivity index (χ1v) is 12.1. The van der Waals surface area contributed by atoms with Gasteiger partial charge in [-0.25, -0.2) is 9.97 Å². The van der Waals surface area contributed by atoms with Gasteiger partial charge in [-0.2, -0.15) is 0 Å². The molecule has 0 atom stereocenters. The zero-order valence-corrected chi connectivity index (χ0v) is 16.3. The number of hydrogen-bond donors (Lipinski definition) is 0. The zero-order valence-electron chi connectivity index (χ0n) is 15.3. The third-order valence-electron chi connectivity index (χ3n) is 5.36. The van der Waals surface area contributed by atoms with Crippen LogP contribution in [0.25, 0.3) is 33.8 Å². The first-order valence-electron chi connectivity index (χ1n) is 9.14. The van der Waals surface area contributed by atoms with E-state index < -0.39 is 8.07 Å². The van der Waals surface area contributed by atoms with Crippen LogP contribution < -0.4 is 10.5 Å². The largest absolute Gasteiger partial charge is 0.265 e. The SMILES string of the molecule is C[Si]1(C)c2ccccc2-c2c(-c3ccncc3)nc(-c3ccccc3)nc21. The van der Waals surface area contributed by atoms with Crippen molar-refractivity contribution in [3.63, 3.8) is 0 Å². The number of aromatic nitrogens is 3. The van der Waals surface area contributed by atoms with Crippen molar-refractivity contribution in [2.45, 2.75) is 13.1 Å². The highest BCUT2D eigenvalue weighted by Gasteiger charge is 2.41. The van der Waals surface area contributed by atoms with Gasteiger partial charge in [0.05, 0.1) is 5.69 Å². The second-order valence-electron chi connectivity index (χ2n) is 7.39. The molecule has 0 saturated heterocycles. The lowest BCUT2D eigenvalue weighted by Gasteiger charge is -2.18. The number of pyridine rings is 1. The van der Waals surface area contributed by atoms with Crippen molar-refractivity contribution in [1.29, 1.82) is 0 Å². The molecular weight excluding hydrogens is 346 g/mol. The van der Waals surface area contributed by atoms with Crippen molar-refractivity contribution >= 4 is 18.6 Å². The highest BCUT2D eigenvalue weighted by molar-refractivity contribution is 7.03. The van der Waals surface area contributed by atoms with Crippen molar-refractivity contribution in [2.75, 3.05) is 0 Å². The second-order valence-corrected chi connectivity index (χ2v) is 11.7. The van der Waals surface area contributed by atoms with Crippen LogP contribution in [0.2, 0.25) is 13.1 Å². The van der Waals surface area contributed by atoms with E-state index in [1.807, 2.05) is 42.7 Å². The average Bonchev–Trinajstić information content (AvgIpc) is 2.96. The summed E-state index contributed by atoms with van der Waals surface area (Å²) in [5, 5.41) is 2.67. The molecule has 0 saturated carbocycles. The van der Waals surface area contributed by atoms with Crippen LogP contribution in [0.5, 0.6) is 0 Å². The molecule has 0 aliphatic carbocycles. The fraction of sp³-hybridized carbons (Fsp3) is 0.0870. The maximum Gasteiger partial charge on any atom is 0.159 e. The number of fused-ring (bicyclic) bond motifs is 3. The van der Waals surface area contributed by atoms with Gasteiger partial charge in [0.15, 0.2) is 5.82 Å². The van der Waals surface area contributed by atoms with Crippen LogP contribution in [0.15, 0.2) is 79.1 Å². The summed E-state index contributed by atoms with van der Waals surface area (Å²) in [6, 6.07) is 23.0. The molecule has 0 fully saturated rings. The number of nitrogens with zero attached hydrogens (tertiary/aromatic N) is 3. The molecule has 0 spiro atoms. The van der Waals surface area contributed by atoms with Crippen LogP contribution in [0.1, 0.15) is 0 Å². The highest BCUT2D eigenvalue weighted by atomic mass is 28.3. The molecule has 130 valence electrons. The van der Waals surface area contributed by atoms with Gasteiger partial charge in [-0.05, 0) is 22.9 Å². The maximum absolute atomic E-state index is 5.11. The Kier molecular flexibility index (Phi) is 3.55. The van der Waals surface area contributed by atoms with E-state index in [4.69, 9.17) is 9.97 Å². The quantitative estimate of drug-likeness (QED) is 0.504. The normalized spacial score (nSPS) is 13.9. The van der Waals surface area contributed by atoms with Gasteiger partial charge in [-0.15, -0.1) is 0 Å². The molecule has 3 nitrogen and oxygen atoms in total. The van der Waals surface area contributed by atoms with Crippen molar-refractivity contribution < 1.29 is 0 Å². The van der Waals surface area contributed by atoms with Crippen LogP contribution in [0, 0.1) is 0 Å². The van der Waals surface area contributed by atoms with E-state index in [0.29, 0.717) is 0 Å². The monoisotopic (exact) mass is 365 g/mol. The topological polar surface area (TPSA) is 38.7 Å². The minimum Gasteiger partial charge on any atom is -0.265 e. The molecule has 0 unspecified atom stereocenters. The first-order chi connectivity index (χ1) is 13.2. The molecule has 2 aromatic heterocycles. The first kappa shape index (κ1) is 16.1. The summed E-state index contributed by atoms with van der Waals surface area (Å²) in [5.74, 6) is 0.801. The lowest BCUT2D eigenvalue weighted by atomic mass is 10.0. The Morgan fingerprint density at radius 2 is 1.41 bits per heavy atom. The average molecular weight is 366 g/mol. The molecule has 27 heavy (non-hydrogen) atoms.